The molecule has 0 bridgehead atoms. The van der Waals surface area contributed by atoms with Gasteiger partial charge in [-0.2, -0.15) is 0 Å². The van der Waals surface area contributed by atoms with Gasteiger partial charge in [0.05, 0.1) is 6.33 Å². The third-order valence-electron chi connectivity index (χ3n) is 5.48. The summed E-state index contributed by atoms with van der Waals surface area (Å²) in [6.07, 6.45) is 20.7. The lowest BCUT2D eigenvalue weighted by atomic mass is 9.93. The van der Waals surface area contributed by atoms with Gasteiger partial charge in [-0.05, 0) is 44.4 Å². The second-order valence-electron chi connectivity index (χ2n) is 7.53. The second kappa shape index (κ2) is 9.64. The fourth-order valence-corrected chi connectivity index (χ4v) is 3.99. The number of carbonyl (C=O) groups excluding carboxylic acids is 1. The van der Waals surface area contributed by atoms with Crippen molar-refractivity contribution in [3.8, 4) is 0 Å². The molecule has 2 aliphatic rings. The van der Waals surface area contributed by atoms with Crippen molar-refractivity contribution >= 4 is 6.03 Å². The van der Waals surface area contributed by atoms with E-state index in [0.29, 0.717) is 12.0 Å². The maximum Gasteiger partial charge on any atom is 0.317 e. The van der Waals surface area contributed by atoms with Crippen LogP contribution in [0.4, 0.5) is 4.79 Å². The maximum atomic E-state index is 12.9. The molecule has 138 valence electrons. The minimum Gasteiger partial charge on any atom is -0.337 e. The van der Waals surface area contributed by atoms with E-state index in [1.54, 1.807) is 0 Å². The van der Waals surface area contributed by atoms with E-state index in [0.717, 1.165) is 51.7 Å². The Bertz CT molecular complexity index is 534. The first-order valence-electron chi connectivity index (χ1n) is 9.97. The molecule has 0 radical (unpaired) electrons. The summed E-state index contributed by atoms with van der Waals surface area (Å²) in [5, 5.41) is 3.30. The van der Waals surface area contributed by atoms with Crippen LogP contribution in [-0.4, -0.2) is 39.6 Å². The number of aromatic nitrogens is 2. The van der Waals surface area contributed by atoms with Gasteiger partial charge in [-0.25, -0.2) is 9.78 Å². The highest BCUT2D eigenvalue weighted by atomic mass is 16.2. The molecule has 25 heavy (non-hydrogen) atoms. The lowest BCUT2D eigenvalue weighted by Crippen LogP contribution is -2.47. The van der Waals surface area contributed by atoms with E-state index in [2.05, 4.69) is 31.9 Å². The van der Waals surface area contributed by atoms with Crippen LogP contribution in [0.25, 0.3) is 0 Å². The summed E-state index contributed by atoms with van der Waals surface area (Å²) in [5.41, 5.74) is 0. The molecule has 1 N–H and O–H groups in total. The van der Waals surface area contributed by atoms with Gasteiger partial charge < -0.3 is 14.8 Å². The summed E-state index contributed by atoms with van der Waals surface area (Å²) in [4.78, 5) is 19.0. The Hall–Kier alpha value is -1.78. The molecule has 0 spiro atoms. The molecule has 0 saturated heterocycles. The lowest BCUT2D eigenvalue weighted by Gasteiger charge is -2.31. The molecule has 1 fully saturated rings. The summed E-state index contributed by atoms with van der Waals surface area (Å²) in [6, 6.07) is 0.524. The van der Waals surface area contributed by atoms with Gasteiger partial charge in [0, 0.05) is 38.1 Å². The van der Waals surface area contributed by atoms with Gasteiger partial charge in [0.25, 0.3) is 0 Å². The predicted octanol–water partition coefficient (Wildman–Crippen LogP) is 3.97. The fraction of sp³-hybridized carbons (Fsp3) is 0.700. The number of carbonyl (C=O) groups is 1. The molecule has 0 aromatic carbocycles. The lowest BCUT2D eigenvalue weighted by molar-refractivity contribution is 0.176. The van der Waals surface area contributed by atoms with Gasteiger partial charge in [0.2, 0.25) is 0 Å². The predicted molar refractivity (Wildman–Crippen MR) is 100 cm³/mol. The SMILES string of the molecule is O=C(NC1CCCCC1)N(CCCn1ccnc1)CC1CC=CCC1. The number of rotatable bonds is 7. The van der Waals surface area contributed by atoms with E-state index in [-0.39, 0.29) is 6.03 Å². The van der Waals surface area contributed by atoms with Gasteiger partial charge >= 0.3 is 6.03 Å². The van der Waals surface area contributed by atoms with Crippen LogP contribution in [-0.2, 0) is 6.54 Å². The van der Waals surface area contributed by atoms with E-state index in [1.165, 1.54) is 25.7 Å². The highest BCUT2D eigenvalue weighted by Crippen LogP contribution is 2.21. The molecule has 1 heterocycles. The molecule has 1 saturated carbocycles. The van der Waals surface area contributed by atoms with Crippen molar-refractivity contribution in [3.05, 3.63) is 30.9 Å². The van der Waals surface area contributed by atoms with Gasteiger partial charge in [0.15, 0.2) is 0 Å². The van der Waals surface area contributed by atoms with E-state index >= 15 is 0 Å². The van der Waals surface area contributed by atoms with Crippen molar-refractivity contribution in [2.24, 2.45) is 5.92 Å². The smallest absolute Gasteiger partial charge is 0.317 e. The van der Waals surface area contributed by atoms with Gasteiger partial charge in [0.1, 0.15) is 0 Å². The minimum absolute atomic E-state index is 0.145. The number of amides is 2. The van der Waals surface area contributed by atoms with Crippen molar-refractivity contribution < 1.29 is 4.79 Å². The van der Waals surface area contributed by atoms with Crippen LogP contribution in [0, 0.1) is 5.92 Å². The Morgan fingerprint density at radius 3 is 2.80 bits per heavy atom. The summed E-state index contributed by atoms with van der Waals surface area (Å²) < 4.78 is 2.08. The topological polar surface area (TPSA) is 50.2 Å². The van der Waals surface area contributed by atoms with E-state index in [4.69, 9.17) is 0 Å². The largest absolute Gasteiger partial charge is 0.337 e. The number of allylic oxidation sites excluding steroid dienone is 2. The van der Waals surface area contributed by atoms with Crippen molar-refractivity contribution in [2.75, 3.05) is 13.1 Å². The number of nitrogens with one attached hydrogen (secondary N) is 1. The molecule has 1 unspecified atom stereocenters. The Kier molecular flexibility index (Phi) is 6.95. The molecule has 2 aliphatic carbocycles. The summed E-state index contributed by atoms with van der Waals surface area (Å²) >= 11 is 0. The highest BCUT2D eigenvalue weighted by molar-refractivity contribution is 5.74. The highest BCUT2D eigenvalue weighted by Gasteiger charge is 2.22. The molecule has 5 nitrogen and oxygen atoms in total. The Balaban J connectivity index is 1.52. The minimum atomic E-state index is 0.145. The van der Waals surface area contributed by atoms with Gasteiger partial charge in [-0.1, -0.05) is 31.4 Å². The Morgan fingerprint density at radius 2 is 2.08 bits per heavy atom. The number of hydrogen-bond donors (Lipinski definition) is 1. The zero-order chi connectivity index (χ0) is 17.3. The molecule has 1 aromatic heterocycles. The first-order chi connectivity index (χ1) is 12.3. The number of urea groups is 1. The number of hydrogen-bond acceptors (Lipinski definition) is 2. The van der Waals surface area contributed by atoms with Crippen molar-refractivity contribution in [1.29, 1.82) is 0 Å². The number of nitrogens with zero attached hydrogens (tertiary/aromatic N) is 3. The summed E-state index contributed by atoms with van der Waals surface area (Å²) in [5.74, 6) is 0.607. The molecule has 3 rings (SSSR count). The van der Waals surface area contributed by atoms with Gasteiger partial charge in [-0.3, -0.25) is 0 Å². The van der Waals surface area contributed by atoms with Crippen molar-refractivity contribution in [1.82, 2.24) is 19.8 Å². The normalized spacial score (nSPS) is 21.2. The Morgan fingerprint density at radius 1 is 1.20 bits per heavy atom. The second-order valence-corrected chi connectivity index (χ2v) is 7.53. The summed E-state index contributed by atoms with van der Waals surface area (Å²) in [6.45, 7) is 2.61. The standard InChI is InChI=1S/C20H32N4O/c25-20(22-19-10-5-2-6-11-19)24(16-18-8-3-1-4-9-18)14-7-13-23-15-12-21-17-23/h1,3,12,15,17-19H,2,4-11,13-14,16H2,(H,22,25). The zero-order valence-corrected chi connectivity index (χ0v) is 15.3. The van der Waals surface area contributed by atoms with Crippen LogP contribution in [0.5, 0.6) is 0 Å². The average Bonchev–Trinajstić information content (AvgIpc) is 3.16. The van der Waals surface area contributed by atoms with Crippen LogP contribution in [0.1, 0.15) is 57.8 Å². The zero-order valence-electron chi connectivity index (χ0n) is 15.3. The van der Waals surface area contributed by atoms with Crippen LogP contribution >= 0.6 is 0 Å². The average molecular weight is 345 g/mol. The first kappa shape index (κ1) is 18.0. The van der Waals surface area contributed by atoms with Crippen LogP contribution < -0.4 is 5.32 Å². The van der Waals surface area contributed by atoms with E-state index in [1.807, 2.05) is 18.7 Å². The van der Waals surface area contributed by atoms with Crippen molar-refractivity contribution in [2.45, 2.75) is 70.4 Å². The molecule has 0 aliphatic heterocycles. The van der Waals surface area contributed by atoms with E-state index < -0.39 is 0 Å². The maximum absolute atomic E-state index is 12.9. The summed E-state index contributed by atoms with van der Waals surface area (Å²) in [7, 11) is 0. The molecular formula is C20H32N4O. The fourth-order valence-electron chi connectivity index (χ4n) is 3.99. The van der Waals surface area contributed by atoms with Gasteiger partial charge in [-0.15, -0.1) is 0 Å². The quantitative estimate of drug-likeness (QED) is 0.761. The molecule has 5 heteroatoms. The van der Waals surface area contributed by atoms with E-state index in [9.17, 15) is 4.79 Å². The van der Waals surface area contributed by atoms with Crippen molar-refractivity contribution in [3.63, 3.8) is 0 Å². The molecule has 1 atom stereocenters. The number of aryl methyl sites for hydroxylation is 1. The molecule has 1 aromatic rings. The van der Waals surface area contributed by atoms with Crippen LogP contribution in [0.3, 0.4) is 0 Å². The monoisotopic (exact) mass is 344 g/mol. The first-order valence-corrected chi connectivity index (χ1v) is 9.97. The molecule has 2 amide bonds. The molecular weight excluding hydrogens is 312 g/mol. The Labute approximate surface area is 151 Å². The van der Waals surface area contributed by atoms with Crippen LogP contribution in [0.2, 0.25) is 0 Å². The third-order valence-corrected chi connectivity index (χ3v) is 5.48. The third kappa shape index (κ3) is 5.91. The number of imidazole rings is 1. The van der Waals surface area contributed by atoms with Crippen LogP contribution in [0.15, 0.2) is 30.9 Å².